The van der Waals surface area contributed by atoms with Crippen LogP contribution in [0.1, 0.15) is 27.9 Å². The number of amides is 1. The largest absolute Gasteiger partial charge is 0.370 e. The van der Waals surface area contributed by atoms with Crippen molar-refractivity contribution in [3.8, 4) is 0 Å². The van der Waals surface area contributed by atoms with Gasteiger partial charge in [0.2, 0.25) is 0 Å². The van der Waals surface area contributed by atoms with Crippen LogP contribution < -0.4 is 10.6 Å². The molecule has 0 aliphatic rings. The molecule has 0 unspecified atom stereocenters. The van der Waals surface area contributed by atoms with Crippen LogP contribution in [0.25, 0.3) is 0 Å². The van der Waals surface area contributed by atoms with E-state index in [1.165, 1.54) is 11.1 Å². The van der Waals surface area contributed by atoms with E-state index in [1.54, 1.807) is 12.3 Å². The third-order valence-corrected chi connectivity index (χ3v) is 4.64. The summed E-state index contributed by atoms with van der Waals surface area (Å²) in [6.45, 7) is 1.39. The Morgan fingerprint density at radius 3 is 2.46 bits per heavy atom. The molecule has 0 aliphatic heterocycles. The Kier molecular flexibility index (Phi) is 7.44. The Bertz CT molecular complexity index is 882. The van der Waals surface area contributed by atoms with Crippen molar-refractivity contribution in [1.82, 2.24) is 10.3 Å². The highest BCUT2D eigenvalue weighted by molar-refractivity contribution is 6.30. The lowest BCUT2D eigenvalue weighted by molar-refractivity contribution is 0.0953. The molecule has 4 nitrogen and oxygen atoms in total. The lowest BCUT2D eigenvalue weighted by Crippen LogP contribution is -2.25. The number of aryl methyl sites for hydroxylation is 1. The van der Waals surface area contributed by atoms with Crippen molar-refractivity contribution in [2.45, 2.75) is 19.3 Å². The van der Waals surface area contributed by atoms with Crippen LogP contribution in [0, 0.1) is 0 Å². The standard InChI is InChI=1S/C23H24ClN3O/c24-21-10-4-8-19(16-21)13-15-25-22-12-11-20(17-27-22)23(28)26-14-5-9-18-6-2-1-3-7-18/h1-4,6-8,10-12,16-17H,5,9,13-15H2,(H,25,27)(H,26,28). The molecule has 5 heteroatoms. The molecule has 0 saturated heterocycles. The highest BCUT2D eigenvalue weighted by atomic mass is 35.5. The number of nitrogens with one attached hydrogen (secondary N) is 2. The normalized spacial score (nSPS) is 10.5. The minimum absolute atomic E-state index is 0.0916. The van der Waals surface area contributed by atoms with E-state index in [0.717, 1.165) is 36.6 Å². The van der Waals surface area contributed by atoms with Crippen LogP contribution in [0.3, 0.4) is 0 Å². The molecule has 1 amide bonds. The molecule has 2 aromatic carbocycles. The smallest absolute Gasteiger partial charge is 0.252 e. The zero-order valence-electron chi connectivity index (χ0n) is 15.7. The second-order valence-electron chi connectivity index (χ2n) is 6.58. The molecule has 3 rings (SSSR count). The summed E-state index contributed by atoms with van der Waals surface area (Å²) in [4.78, 5) is 16.5. The van der Waals surface area contributed by atoms with E-state index in [1.807, 2.05) is 48.5 Å². The summed E-state index contributed by atoms with van der Waals surface area (Å²) >= 11 is 5.99. The van der Waals surface area contributed by atoms with Crippen molar-refractivity contribution in [2.75, 3.05) is 18.4 Å². The first-order valence-electron chi connectivity index (χ1n) is 9.47. The number of aromatic nitrogens is 1. The van der Waals surface area contributed by atoms with Crippen LogP contribution >= 0.6 is 11.6 Å². The van der Waals surface area contributed by atoms with Crippen LogP contribution in [0.15, 0.2) is 72.9 Å². The summed E-state index contributed by atoms with van der Waals surface area (Å²) < 4.78 is 0. The maximum atomic E-state index is 12.2. The highest BCUT2D eigenvalue weighted by Gasteiger charge is 2.05. The number of nitrogens with zero attached hydrogens (tertiary/aromatic N) is 1. The van der Waals surface area contributed by atoms with Crippen molar-refractivity contribution in [3.63, 3.8) is 0 Å². The fourth-order valence-electron chi connectivity index (χ4n) is 2.90. The molecule has 144 valence electrons. The summed E-state index contributed by atoms with van der Waals surface area (Å²) in [7, 11) is 0. The Morgan fingerprint density at radius 2 is 1.71 bits per heavy atom. The maximum Gasteiger partial charge on any atom is 0.252 e. The molecule has 28 heavy (non-hydrogen) atoms. The van der Waals surface area contributed by atoms with E-state index in [9.17, 15) is 4.79 Å². The fraction of sp³-hybridized carbons (Fsp3) is 0.217. The average Bonchev–Trinajstić information content (AvgIpc) is 2.72. The molecule has 3 aromatic rings. The number of hydrogen-bond acceptors (Lipinski definition) is 3. The number of hydrogen-bond donors (Lipinski definition) is 2. The van der Waals surface area contributed by atoms with E-state index in [2.05, 4.69) is 27.8 Å². The lowest BCUT2D eigenvalue weighted by atomic mass is 10.1. The maximum absolute atomic E-state index is 12.2. The Balaban J connectivity index is 1.38. The minimum atomic E-state index is -0.0916. The molecule has 0 spiro atoms. The van der Waals surface area contributed by atoms with Crippen molar-refractivity contribution >= 4 is 23.3 Å². The summed E-state index contributed by atoms with van der Waals surface area (Å²) in [5.74, 6) is 0.661. The van der Waals surface area contributed by atoms with Crippen molar-refractivity contribution in [1.29, 1.82) is 0 Å². The van der Waals surface area contributed by atoms with Gasteiger partial charge in [0.1, 0.15) is 5.82 Å². The summed E-state index contributed by atoms with van der Waals surface area (Å²) in [5, 5.41) is 6.96. The predicted octanol–water partition coefficient (Wildman–Crippen LogP) is 4.75. The highest BCUT2D eigenvalue weighted by Crippen LogP contribution is 2.12. The third kappa shape index (κ3) is 6.39. The van der Waals surface area contributed by atoms with E-state index in [-0.39, 0.29) is 5.91 Å². The van der Waals surface area contributed by atoms with E-state index in [0.29, 0.717) is 12.1 Å². The molecule has 0 fully saturated rings. The Morgan fingerprint density at radius 1 is 0.893 bits per heavy atom. The first kappa shape index (κ1) is 19.9. The second kappa shape index (κ2) is 10.5. The number of carbonyl (C=O) groups is 1. The van der Waals surface area contributed by atoms with Gasteiger partial charge in [-0.25, -0.2) is 4.98 Å². The van der Waals surface area contributed by atoms with Gasteiger partial charge in [-0.1, -0.05) is 54.1 Å². The van der Waals surface area contributed by atoms with E-state index >= 15 is 0 Å². The molecule has 2 N–H and O–H groups in total. The molecular formula is C23H24ClN3O. The summed E-state index contributed by atoms with van der Waals surface area (Å²) in [5.41, 5.74) is 3.03. The van der Waals surface area contributed by atoms with Crippen molar-refractivity contribution in [2.24, 2.45) is 0 Å². The van der Waals surface area contributed by atoms with E-state index < -0.39 is 0 Å². The second-order valence-corrected chi connectivity index (χ2v) is 7.02. The topological polar surface area (TPSA) is 54.0 Å². The Labute approximate surface area is 171 Å². The van der Waals surface area contributed by atoms with Crippen LogP contribution in [0.4, 0.5) is 5.82 Å². The monoisotopic (exact) mass is 393 g/mol. The number of anilines is 1. The van der Waals surface area contributed by atoms with Crippen LogP contribution in [-0.4, -0.2) is 24.0 Å². The van der Waals surface area contributed by atoms with Crippen molar-refractivity contribution in [3.05, 3.63) is 94.6 Å². The van der Waals surface area contributed by atoms with E-state index in [4.69, 9.17) is 11.6 Å². The quantitative estimate of drug-likeness (QED) is 0.516. The fourth-order valence-corrected chi connectivity index (χ4v) is 3.11. The third-order valence-electron chi connectivity index (χ3n) is 4.41. The van der Waals surface area contributed by atoms with Crippen LogP contribution in [-0.2, 0) is 12.8 Å². The molecule has 1 heterocycles. The molecule has 0 radical (unpaired) electrons. The first-order valence-corrected chi connectivity index (χ1v) is 9.85. The van der Waals surface area contributed by atoms with Gasteiger partial charge in [0.05, 0.1) is 5.56 Å². The number of halogens is 1. The molecule has 1 aromatic heterocycles. The minimum Gasteiger partial charge on any atom is -0.370 e. The first-order chi connectivity index (χ1) is 13.7. The number of carbonyl (C=O) groups excluding carboxylic acids is 1. The summed E-state index contributed by atoms with van der Waals surface area (Å²) in [6.07, 6.45) is 4.32. The number of benzene rings is 2. The Hall–Kier alpha value is -2.85. The molecular weight excluding hydrogens is 370 g/mol. The predicted molar refractivity (Wildman–Crippen MR) is 115 cm³/mol. The zero-order valence-corrected chi connectivity index (χ0v) is 16.5. The van der Waals surface area contributed by atoms with Gasteiger partial charge in [0.25, 0.3) is 5.91 Å². The van der Waals surface area contributed by atoms with Gasteiger partial charge in [-0.2, -0.15) is 0 Å². The van der Waals surface area contributed by atoms with Gasteiger partial charge < -0.3 is 10.6 Å². The molecule has 0 saturated carbocycles. The average molecular weight is 394 g/mol. The number of pyridine rings is 1. The van der Waals surface area contributed by atoms with Gasteiger partial charge in [0.15, 0.2) is 0 Å². The van der Waals surface area contributed by atoms with Crippen molar-refractivity contribution < 1.29 is 4.79 Å². The van der Waals surface area contributed by atoms with Crippen LogP contribution in [0.5, 0.6) is 0 Å². The lowest BCUT2D eigenvalue weighted by Gasteiger charge is -2.08. The molecule has 0 atom stereocenters. The molecule has 0 aliphatic carbocycles. The van der Waals surface area contributed by atoms with Gasteiger partial charge in [0, 0.05) is 24.3 Å². The SMILES string of the molecule is O=C(NCCCc1ccccc1)c1ccc(NCCc2cccc(Cl)c2)nc1. The van der Waals surface area contributed by atoms with Gasteiger partial charge in [-0.05, 0) is 54.7 Å². The van der Waals surface area contributed by atoms with Gasteiger partial charge >= 0.3 is 0 Å². The van der Waals surface area contributed by atoms with Gasteiger partial charge in [-0.3, -0.25) is 4.79 Å². The zero-order chi connectivity index (χ0) is 19.6. The summed E-state index contributed by atoms with van der Waals surface area (Å²) in [6, 6.07) is 21.7. The number of rotatable bonds is 9. The molecule has 0 bridgehead atoms. The van der Waals surface area contributed by atoms with Gasteiger partial charge in [-0.15, -0.1) is 0 Å². The van der Waals surface area contributed by atoms with Crippen LogP contribution in [0.2, 0.25) is 5.02 Å².